The highest BCUT2D eigenvalue weighted by molar-refractivity contribution is 9.10. The van der Waals surface area contributed by atoms with Gasteiger partial charge in [0.05, 0.1) is 7.11 Å². The summed E-state index contributed by atoms with van der Waals surface area (Å²) < 4.78 is 6.32. The van der Waals surface area contributed by atoms with Crippen LogP contribution >= 0.6 is 15.9 Å². The Morgan fingerprint density at radius 3 is 2.45 bits per heavy atom. The molecule has 0 aliphatic rings. The summed E-state index contributed by atoms with van der Waals surface area (Å²) >= 11 is 3.60. The first-order valence-electron chi connectivity index (χ1n) is 6.81. The van der Waals surface area contributed by atoms with Gasteiger partial charge in [0.15, 0.2) is 0 Å². The Morgan fingerprint density at radius 1 is 1.10 bits per heavy atom. The van der Waals surface area contributed by atoms with Gasteiger partial charge in [-0.25, -0.2) is 0 Å². The van der Waals surface area contributed by atoms with Crippen molar-refractivity contribution in [1.29, 1.82) is 0 Å². The van der Waals surface area contributed by atoms with Crippen LogP contribution in [0, 0.1) is 0 Å². The summed E-state index contributed by atoms with van der Waals surface area (Å²) in [5, 5.41) is 3.56. The van der Waals surface area contributed by atoms with E-state index in [1.807, 2.05) is 18.2 Å². The molecule has 0 bridgehead atoms. The van der Waals surface area contributed by atoms with E-state index in [1.54, 1.807) is 7.11 Å². The van der Waals surface area contributed by atoms with Crippen LogP contribution in [0.4, 0.5) is 0 Å². The van der Waals surface area contributed by atoms with Crippen LogP contribution in [0.15, 0.2) is 53.0 Å². The largest absolute Gasteiger partial charge is 0.497 e. The van der Waals surface area contributed by atoms with Crippen molar-refractivity contribution in [2.24, 2.45) is 0 Å². The summed E-state index contributed by atoms with van der Waals surface area (Å²) in [5.41, 5.74) is 2.61. The second-order valence-electron chi connectivity index (χ2n) is 4.80. The Bertz CT molecular complexity index is 539. The third-order valence-electron chi connectivity index (χ3n) is 3.39. The van der Waals surface area contributed by atoms with Gasteiger partial charge in [0.2, 0.25) is 0 Å². The molecule has 1 unspecified atom stereocenters. The van der Waals surface area contributed by atoms with Crippen LogP contribution < -0.4 is 10.1 Å². The topological polar surface area (TPSA) is 21.3 Å². The number of methoxy groups -OCH3 is 1. The molecule has 0 heterocycles. The van der Waals surface area contributed by atoms with E-state index in [0.29, 0.717) is 6.04 Å². The smallest absolute Gasteiger partial charge is 0.118 e. The summed E-state index contributed by atoms with van der Waals surface area (Å²) in [6.45, 7) is 3.14. The Labute approximate surface area is 129 Å². The molecule has 0 saturated heterocycles. The molecule has 2 rings (SSSR count). The number of nitrogens with one attached hydrogen (secondary N) is 1. The fourth-order valence-electron chi connectivity index (χ4n) is 2.16. The van der Waals surface area contributed by atoms with Crippen molar-refractivity contribution >= 4 is 15.9 Å². The van der Waals surface area contributed by atoms with E-state index in [0.717, 1.165) is 23.2 Å². The Balaban J connectivity index is 1.84. The Kier molecular flexibility index (Phi) is 5.62. The summed E-state index contributed by atoms with van der Waals surface area (Å²) in [6, 6.07) is 16.9. The average molecular weight is 334 g/mol. The zero-order chi connectivity index (χ0) is 14.4. The lowest BCUT2D eigenvalue weighted by atomic mass is 10.1. The van der Waals surface area contributed by atoms with Crippen molar-refractivity contribution in [3.05, 3.63) is 64.1 Å². The van der Waals surface area contributed by atoms with Gasteiger partial charge in [-0.1, -0.05) is 46.3 Å². The van der Waals surface area contributed by atoms with Crippen LogP contribution in [0.2, 0.25) is 0 Å². The van der Waals surface area contributed by atoms with Gasteiger partial charge in [-0.15, -0.1) is 0 Å². The van der Waals surface area contributed by atoms with Crippen molar-refractivity contribution in [3.63, 3.8) is 0 Å². The van der Waals surface area contributed by atoms with Crippen LogP contribution in [0.1, 0.15) is 24.1 Å². The Morgan fingerprint density at radius 2 is 1.80 bits per heavy atom. The van der Waals surface area contributed by atoms with E-state index >= 15 is 0 Å². The number of ether oxygens (including phenoxy) is 1. The number of hydrogen-bond acceptors (Lipinski definition) is 2. The lowest BCUT2D eigenvalue weighted by Gasteiger charge is -2.15. The van der Waals surface area contributed by atoms with Gasteiger partial charge in [0.25, 0.3) is 0 Å². The minimum atomic E-state index is 0.337. The fraction of sp³-hybridized carbons (Fsp3) is 0.294. The molecule has 0 aliphatic carbocycles. The second kappa shape index (κ2) is 7.46. The van der Waals surface area contributed by atoms with Gasteiger partial charge < -0.3 is 10.1 Å². The molecule has 106 valence electrons. The van der Waals surface area contributed by atoms with Crippen molar-refractivity contribution in [2.75, 3.05) is 13.7 Å². The van der Waals surface area contributed by atoms with Crippen LogP contribution in [0.25, 0.3) is 0 Å². The number of hydrogen-bond donors (Lipinski definition) is 1. The first-order chi connectivity index (χ1) is 9.70. The van der Waals surface area contributed by atoms with Crippen molar-refractivity contribution in [3.8, 4) is 5.75 Å². The maximum Gasteiger partial charge on any atom is 0.118 e. The zero-order valence-corrected chi connectivity index (χ0v) is 13.5. The summed E-state index contributed by atoms with van der Waals surface area (Å²) in [6.07, 6.45) is 1.01. The minimum absolute atomic E-state index is 0.337. The monoisotopic (exact) mass is 333 g/mol. The molecule has 1 atom stereocenters. The molecule has 1 N–H and O–H groups in total. The molecular formula is C17H20BrNO. The standard InChI is InChI=1S/C17H20BrNO/c1-13(16-5-3-4-6-17(16)18)19-12-11-14-7-9-15(20-2)10-8-14/h3-10,13,19H,11-12H2,1-2H3. The van der Waals surface area contributed by atoms with Crippen molar-refractivity contribution in [1.82, 2.24) is 5.32 Å². The fourth-order valence-corrected chi connectivity index (χ4v) is 2.79. The second-order valence-corrected chi connectivity index (χ2v) is 5.65. The first kappa shape index (κ1) is 15.1. The number of halogens is 1. The third kappa shape index (κ3) is 4.09. The van der Waals surface area contributed by atoms with Gasteiger partial charge in [0, 0.05) is 10.5 Å². The first-order valence-corrected chi connectivity index (χ1v) is 7.60. The predicted molar refractivity (Wildman–Crippen MR) is 87.3 cm³/mol. The van der Waals surface area contributed by atoms with Gasteiger partial charge in [0.1, 0.15) is 5.75 Å². The van der Waals surface area contributed by atoms with Crippen LogP contribution in [-0.4, -0.2) is 13.7 Å². The van der Waals surface area contributed by atoms with Gasteiger partial charge >= 0.3 is 0 Å². The van der Waals surface area contributed by atoms with Crippen LogP contribution in [-0.2, 0) is 6.42 Å². The van der Waals surface area contributed by atoms with E-state index < -0.39 is 0 Å². The molecule has 2 aromatic rings. The normalized spacial score (nSPS) is 12.2. The average Bonchev–Trinajstić information content (AvgIpc) is 2.48. The number of rotatable bonds is 6. The third-order valence-corrected chi connectivity index (χ3v) is 4.12. The molecule has 0 amide bonds. The highest BCUT2D eigenvalue weighted by Gasteiger charge is 2.07. The van der Waals surface area contributed by atoms with Gasteiger partial charge in [-0.2, -0.15) is 0 Å². The quantitative estimate of drug-likeness (QED) is 0.848. The highest BCUT2D eigenvalue weighted by atomic mass is 79.9. The lowest BCUT2D eigenvalue weighted by molar-refractivity contribution is 0.414. The molecule has 2 aromatic carbocycles. The van der Waals surface area contributed by atoms with Crippen LogP contribution in [0.3, 0.4) is 0 Å². The summed E-state index contributed by atoms with van der Waals surface area (Å²) in [5.74, 6) is 0.906. The zero-order valence-electron chi connectivity index (χ0n) is 11.9. The molecule has 3 heteroatoms. The molecule has 0 fully saturated rings. The van der Waals surface area contributed by atoms with Crippen LogP contribution in [0.5, 0.6) is 5.75 Å². The van der Waals surface area contributed by atoms with E-state index in [9.17, 15) is 0 Å². The molecule has 0 aromatic heterocycles. The maximum atomic E-state index is 5.16. The predicted octanol–water partition coefficient (Wildman–Crippen LogP) is 4.35. The van der Waals surface area contributed by atoms with Gasteiger partial charge in [-0.05, 0) is 49.2 Å². The highest BCUT2D eigenvalue weighted by Crippen LogP contribution is 2.22. The molecule has 0 aliphatic heterocycles. The molecule has 0 spiro atoms. The molecule has 0 saturated carbocycles. The van der Waals surface area contributed by atoms with E-state index in [2.05, 4.69) is 58.5 Å². The van der Waals surface area contributed by atoms with Gasteiger partial charge in [-0.3, -0.25) is 0 Å². The molecular weight excluding hydrogens is 314 g/mol. The molecule has 20 heavy (non-hydrogen) atoms. The Hall–Kier alpha value is -1.32. The van der Waals surface area contributed by atoms with Crippen molar-refractivity contribution < 1.29 is 4.74 Å². The summed E-state index contributed by atoms with van der Waals surface area (Å²) in [7, 11) is 1.69. The summed E-state index contributed by atoms with van der Waals surface area (Å²) in [4.78, 5) is 0. The SMILES string of the molecule is COc1ccc(CCNC(C)c2ccccc2Br)cc1. The minimum Gasteiger partial charge on any atom is -0.497 e. The van der Waals surface area contributed by atoms with E-state index in [1.165, 1.54) is 11.1 Å². The molecule has 0 radical (unpaired) electrons. The maximum absolute atomic E-state index is 5.16. The molecule has 2 nitrogen and oxygen atoms in total. The van der Waals surface area contributed by atoms with E-state index in [4.69, 9.17) is 4.74 Å². The lowest BCUT2D eigenvalue weighted by Crippen LogP contribution is -2.21. The van der Waals surface area contributed by atoms with Crippen molar-refractivity contribution in [2.45, 2.75) is 19.4 Å². The number of benzene rings is 2. The van der Waals surface area contributed by atoms with E-state index in [-0.39, 0.29) is 0 Å².